The first-order chi connectivity index (χ1) is 5.38. The molecule has 0 bridgehead atoms. The Morgan fingerprint density at radius 1 is 1.36 bits per heavy atom. The highest BCUT2D eigenvalue weighted by molar-refractivity contribution is 6.36. The van der Waals surface area contributed by atoms with Gasteiger partial charge in [0.25, 0.3) is 6.29 Å². The van der Waals surface area contributed by atoms with E-state index in [9.17, 15) is 4.79 Å². The minimum atomic E-state index is -0.0781. The second-order valence-electron chi connectivity index (χ2n) is 1.92. The Morgan fingerprint density at radius 3 is 2.45 bits per heavy atom. The molecule has 0 amide bonds. The molecule has 1 aromatic carbocycles. The van der Waals surface area contributed by atoms with Gasteiger partial charge < -0.3 is 5.21 Å². The highest BCUT2D eigenvalue weighted by atomic mass is 16.4. The summed E-state index contributed by atoms with van der Waals surface area (Å²) in [5.41, 5.74) is 0.482. The summed E-state index contributed by atoms with van der Waals surface area (Å²) < 4.78 is 0. The van der Waals surface area contributed by atoms with Crippen molar-refractivity contribution in [3.8, 4) is 0 Å². The highest BCUT2D eigenvalue weighted by Crippen LogP contribution is 1.98. The zero-order chi connectivity index (χ0) is 8.10. The number of oxime groups is 1. The Kier molecular flexibility index (Phi) is 2.38. The third-order valence-electron chi connectivity index (χ3n) is 1.24. The van der Waals surface area contributed by atoms with Crippen LogP contribution in [0.2, 0.25) is 0 Å². The van der Waals surface area contributed by atoms with Gasteiger partial charge in [0.05, 0.1) is 0 Å². The van der Waals surface area contributed by atoms with Crippen LogP contribution in [0.3, 0.4) is 0 Å². The molecule has 55 valence electrons. The lowest BCUT2D eigenvalue weighted by Crippen LogP contribution is -2.00. The maximum atomic E-state index is 10.1. The molecule has 0 spiro atoms. The molecule has 3 heteroatoms. The zero-order valence-corrected chi connectivity index (χ0v) is 5.69. The minimum absolute atomic E-state index is 0.0781. The van der Waals surface area contributed by atoms with Crippen molar-refractivity contribution in [2.45, 2.75) is 0 Å². The van der Waals surface area contributed by atoms with E-state index in [0.29, 0.717) is 5.56 Å². The fourth-order valence-corrected chi connectivity index (χ4v) is 0.733. The summed E-state index contributed by atoms with van der Waals surface area (Å²) in [4.78, 5) is 10.1. The lowest BCUT2D eigenvalue weighted by atomic mass is 10.1. The van der Waals surface area contributed by atoms with Crippen LogP contribution >= 0.6 is 0 Å². The van der Waals surface area contributed by atoms with Crippen molar-refractivity contribution in [1.82, 2.24) is 0 Å². The van der Waals surface area contributed by atoms with E-state index in [1.54, 1.807) is 24.3 Å². The van der Waals surface area contributed by atoms with E-state index in [1.807, 2.05) is 6.07 Å². The van der Waals surface area contributed by atoms with Gasteiger partial charge in [0.1, 0.15) is 0 Å². The van der Waals surface area contributed by atoms with Gasteiger partial charge in [0, 0.05) is 5.56 Å². The molecule has 0 aliphatic carbocycles. The second-order valence-corrected chi connectivity index (χ2v) is 1.92. The number of rotatable bonds is 2. The van der Waals surface area contributed by atoms with E-state index in [2.05, 4.69) is 5.16 Å². The summed E-state index contributed by atoms with van der Waals surface area (Å²) in [5, 5.41) is 11.1. The summed E-state index contributed by atoms with van der Waals surface area (Å²) in [6, 6.07) is 8.64. The molecule has 1 rings (SSSR count). The Bertz CT molecular complexity index is 267. The lowest BCUT2D eigenvalue weighted by molar-refractivity contribution is 0.320. The predicted molar refractivity (Wildman–Crippen MR) is 40.5 cm³/mol. The summed E-state index contributed by atoms with van der Waals surface area (Å²) in [6.07, 6.45) is 1.52. The molecule has 1 N–H and O–H groups in total. The average Bonchev–Trinajstić information content (AvgIpc) is 2.09. The predicted octanol–water partition coefficient (Wildman–Crippen LogP) is 0.975. The zero-order valence-electron chi connectivity index (χ0n) is 5.69. The average molecular weight is 148 g/mol. The maximum absolute atomic E-state index is 10.1. The fourth-order valence-electron chi connectivity index (χ4n) is 0.733. The number of carbonyl (C=O) groups excluding carboxylic acids is 1. The van der Waals surface area contributed by atoms with E-state index in [-0.39, 0.29) is 5.71 Å². The van der Waals surface area contributed by atoms with Crippen LogP contribution in [0.25, 0.3) is 0 Å². The fraction of sp³-hybridized carbons (Fsp3) is 0. The van der Waals surface area contributed by atoms with Crippen LogP contribution in [-0.4, -0.2) is 17.2 Å². The SMILES string of the molecule is O=[C]C(=NO)c1ccccc1. The van der Waals surface area contributed by atoms with Crippen LogP contribution in [-0.2, 0) is 4.79 Å². The molecule has 0 unspecified atom stereocenters. The van der Waals surface area contributed by atoms with Crippen LogP contribution in [0.5, 0.6) is 0 Å². The molecule has 1 radical (unpaired) electrons. The first kappa shape index (κ1) is 7.47. The van der Waals surface area contributed by atoms with Crippen LogP contribution < -0.4 is 0 Å². The summed E-state index contributed by atoms with van der Waals surface area (Å²) >= 11 is 0. The van der Waals surface area contributed by atoms with E-state index in [0.717, 1.165) is 0 Å². The van der Waals surface area contributed by atoms with Crippen molar-refractivity contribution in [2.75, 3.05) is 0 Å². The monoisotopic (exact) mass is 148 g/mol. The quantitative estimate of drug-likeness (QED) is 0.386. The normalized spacial score (nSPS) is 11.1. The molecule has 0 fully saturated rings. The smallest absolute Gasteiger partial charge is 0.257 e. The van der Waals surface area contributed by atoms with Crippen molar-refractivity contribution >= 4 is 12.0 Å². The van der Waals surface area contributed by atoms with Gasteiger partial charge in [0.15, 0.2) is 5.71 Å². The summed E-state index contributed by atoms with van der Waals surface area (Å²) in [5.74, 6) is 0. The molecule has 0 aromatic heterocycles. The van der Waals surface area contributed by atoms with Gasteiger partial charge in [-0.3, -0.25) is 4.79 Å². The molecule has 0 aliphatic heterocycles. The van der Waals surface area contributed by atoms with Gasteiger partial charge in [-0.2, -0.15) is 0 Å². The first-order valence-corrected chi connectivity index (χ1v) is 3.04. The van der Waals surface area contributed by atoms with Gasteiger partial charge in [-0.25, -0.2) is 0 Å². The molecule has 0 saturated heterocycles. The number of benzene rings is 1. The van der Waals surface area contributed by atoms with Gasteiger partial charge in [0.2, 0.25) is 0 Å². The van der Waals surface area contributed by atoms with Crippen LogP contribution in [0.1, 0.15) is 5.56 Å². The van der Waals surface area contributed by atoms with Crippen LogP contribution in [0, 0.1) is 0 Å². The third kappa shape index (κ3) is 1.64. The van der Waals surface area contributed by atoms with Crippen molar-refractivity contribution in [1.29, 1.82) is 0 Å². The highest BCUT2D eigenvalue weighted by Gasteiger charge is 2.00. The molecule has 1 aromatic rings. The van der Waals surface area contributed by atoms with Crippen molar-refractivity contribution in [3.63, 3.8) is 0 Å². The van der Waals surface area contributed by atoms with E-state index >= 15 is 0 Å². The number of hydrogen-bond donors (Lipinski definition) is 1. The van der Waals surface area contributed by atoms with Gasteiger partial charge in [-0.05, 0) is 0 Å². The van der Waals surface area contributed by atoms with Gasteiger partial charge in [-0.15, -0.1) is 0 Å². The molecular weight excluding hydrogens is 142 g/mol. The topological polar surface area (TPSA) is 49.7 Å². The van der Waals surface area contributed by atoms with Crippen molar-refractivity contribution in [2.24, 2.45) is 5.16 Å². The Hall–Kier alpha value is -1.64. The van der Waals surface area contributed by atoms with Crippen LogP contribution in [0.4, 0.5) is 0 Å². The second kappa shape index (κ2) is 3.51. The molecule has 0 atom stereocenters. The summed E-state index contributed by atoms with van der Waals surface area (Å²) in [7, 11) is 0. The number of hydrogen-bond acceptors (Lipinski definition) is 3. The first-order valence-electron chi connectivity index (χ1n) is 3.04. The van der Waals surface area contributed by atoms with Crippen molar-refractivity contribution < 1.29 is 10.0 Å². The molecular formula is C8H6NO2. The van der Waals surface area contributed by atoms with E-state index in [4.69, 9.17) is 5.21 Å². The molecule has 0 heterocycles. The standard InChI is InChI=1S/C8H6NO2/c10-6-8(9-11)7-4-2-1-3-5-7/h1-5,11H. The lowest BCUT2D eigenvalue weighted by Gasteiger charge is -1.92. The van der Waals surface area contributed by atoms with E-state index in [1.165, 1.54) is 6.29 Å². The molecule has 0 aliphatic rings. The molecule has 11 heavy (non-hydrogen) atoms. The Labute approximate surface area is 64.0 Å². The van der Waals surface area contributed by atoms with E-state index < -0.39 is 0 Å². The Morgan fingerprint density at radius 2 is 2.00 bits per heavy atom. The molecule has 3 nitrogen and oxygen atoms in total. The van der Waals surface area contributed by atoms with Gasteiger partial charge >= 0.3 is 0 Å². The molecule has 0 saturated carbocycles. The van der Waals surface area contributed by atoms with Gasteiger partial charge in [-0.1, -0.05) is 35.5 Å². The minimum Gasteiger partial charge on any atom is -0.410 e. The van der Waals surface area contributed by atoms with Crippen molar-refractivity contribution in [3.05, 3.63) is 35.9 Å². The van der Waals surface area contributed by atoms with Crippen LogP contribution in [0.15, 0.2) is 35.5 Å². The Balaban J connectivity index is 3.01. The number of nitrogens with zero attached hydrogens (tertiary/aromatic N) is 1. The third-order valence-corrected chi connectivity index (χ3v) is 1.24. The maximum Gasteiger partial charge on any atom is 0.257 e. The largest absolute Gasteiger partial charge is 0.410 e. The summed E-state index contributed by atoms with van der Waals surface area (Å²) in [6.45, 7) is 0.